The Balaban J connectivity index is 1.88. The maximum absolute atomic E-state index is 12.3. The third-order valence-electron chi connectivity index (χ3n) is 3.55. The van der Waals surface area contributed by atoms with E-state index in [0.29, 0.717) is 24.5 Å². The molecule has 2 aromatic heterocycles. The molecule has 116 valence electrons. The monoisotopic (exact) mass is 321 g/mol. The molecule has 3 rings (SSSR count). The molecule has 0 aromatic carbocycles. The minimum absolute atomic E-state index is 0.239. The number of imidazole rings is 1. The fourth-order valence-corrected chi connectivity index (χ4v) is 3.25. The number of sulfonamides is 1. The Morgan fingerprint density at radius 1 is 1.41 bits per heavy atom. The van der Waals surface area contributed by atoms with Gasteiger partial charge in [-0.3, -0.25) is 15.1 Å². The van der Waals surface area contributed by atoms with Crippen molar-refractivity contribution < 1.29 is 13.2 Å². The number of H-pyrrole nitrogens is 1. The van der Waals surface area contributed by atoms with Crippen molar-refractivity contribution in [2.45, 2.75) is 13.0 Å². The Bertz CT molecular complexity index is 801. The first-order valence-corrected chi connectivity index (χ1v) is 8.51. The highest BCUT2D eigenvalue weighted by Crippen LogP contribution is 2.23. The van der Waals surface area contributed by atoms with Crippen LogP contribution in [0.5, 0.6) is 0 Å². The van der Waals surface area contributed by atoms with E-state index in [1.165, 1.54) is 23.0 Å². The molecule has 0 spiro atoms. The Morgan fingerprint density at radius 3 is 2.91 bits per heavy atom. The van der Waals surface area contributed by atoms with E-state index in [-0.39, 0.29) is 12.5 Å². The maximum atomic E-state index is 12.3. The lowest BCUT2D eigenvalue weighted by Crippen LogP contribution is -2.36. The van der Waals surface area contributed by atoms with Gasteiger partial charge in [0.25, 0.3) is 5.91 Å². The molecule has 0 saturated heterocycles. The summed E-state index contributed by atoms with van der Waals surface area (Å²) in [6, 6.07) is 0. The number of hydrogen-bond donors (Lipinski definition) is 2. The third kappa shape index (κ3) is 2.85. The summed E-state index contributed by atoms with van der Waals surface area (Å²) in [5, 5.41) is 2.65. The van der Waals surface area contributed by atoms with Crippen molar-refractivity contribution in [3.63, 3.8) is 0 Å². The number of carbonyl (C=O) groups excluding carboxylic acids is 1. The van der Waals surface area contributed by atoms with Crippen LogP contribution in [0.1, 0.15) is 21.5 Å². The summed E-state index contributed by atoms with van der Waals surface area (Å²) in [4.78, 5) is 23.1. The van der Waals surface area contributed by atoms with E-state index in [9.17, 15) is 13.2 Å². The minimum atomic E-state index is -3.25. The lowest BCUT2D eigenvalue weighted by molar-refractivity contribution is 0.102. The molecule has 9 heteroatoms. The first-order chi connectivity index (χ1) is 10.4. The van der Waals surface area contributed by atoms with Crippen molar-refractivity contribution in [2.24, 2.45) is 0 Å². The molecule has 1 aliphatic rings. The summed E-state index contributed by atoms with van der Waals surface area (Å²) in [5.74, 6) is 0.0447. The van der Waals surface area contributed by atoms with Gasteiger partial charge in [-0.05, 0) is 17.5 Å². The van der Waals surface area contributed by atoms with Gasteiger partial charge in [-0.1, -0.05) is 0 Å². The van der Waals surface area contributed by atoms with Crippen molar-refractivity contribution in [1.29, 1.82) is 0 Å². The molecule has 2 N–H and O–H groups in total. The quantitative estimate of drug-likeness (QED) is 0.849. The van der Waals surface area contributed by atoms with Gasteiger partial charge in [0.15, 0.2) is 0 Å². The normalized spacial score (nSPS) is 15.3. The Labute approximate surface area is 127 Å². The summed E-state index contributed by atoms with van der Waals surface area (Å²) in [5.41, 5.74) is 2.03. The molecule has 0 fully saturated rings. The van der Waals surface area contributed by atoms with E-state index < -0.39 is 10.0 Å². The number of carbonyl (C=O) groups is 1. The second-order valence-electron chi connectivity index (χ2n) is 5.06. The molecule has 0 saturated carbocycles. The predicted octanol–water partition coefficient (Wildman–Crippen LogP) is 0.375. The van der Waals surface area contributed by atoms with Gasteiger partial charge in [0.2, 0.25) is 16.0 Å². The van der Waals surface area contributed by atoms with Gasteiger partial charge >= 0.3 is 0 Å². The lowest BCUT2D eigenvalue weighted by Gasteiger charge is -2.27. The van der Waals surface area contributed by atoms with Gasteiger partial charge in [0.1, 0.15) is 0 Å². The molecule has 0 bridgehead atoms. The number of pyridine rings is 1. The highest BCUT2D eigenvalue weighted by atomic mass is 32.2. The topological polar surface area (TPSA) is 108 Å². The summed E-state index contributed by atoms with van der Waals surface area (Å²) in [7, 11) is -3.25. The summed E-state index contributed by atoms with van der Waals surface area (Å²) < 4.78 is 24.7. The van der Waals surface area contributed by atoms with E-state index in [4.69, 9.17) is 0 Å². The Hall–Kier alpha value is -2.26. The molecular weight excluding hydrogens is 306 g/mol. The summed E-state index contributed by atoms with van der Waals surface area (Å²) in [6.45, 7) is 0.597. The van der Waals surface area contributed by atoms with Crippen LogP contribution in [-0.2, 0) is 23.0 Å². The zero-order chi connectivity index (χ0) is 15.7. The van der Waals surface area contributed by atoms with Gasteiger partial charge in [-0.15, -0.1) is 0 Å². The SMILES string of the molecule is CS(=O)(=O)N1CCc2c(cncc2C(=O)Nc2ncc[nH]2)C1. The summed E-state index contributed by atoms with van der Waals surface area (Å²) in [6.07, 6.45) is 7.91. The van der Waals surface area contributed by atoms with E-state index in [1.54, 1.807) is 12.4 Å². The number of rotatable bonds is 3. The summed E-state index contributed by atoms with van der Waals surface area (Å²) >= 11 is 0. The second-order valence-corrected chi connectivity index (χ2v) is 7.05. The number of amides is 1. The van der Waals surface area contributed by atoms with Crippen LogP contribution in [0, 0.1) is 0 Å². The molecule has 8 nitrogen and oxygen atoms in total. The fraction of sp³-hybridized carbons (Fsp3) is 0.308. The van der Waals surface area contributed by atoms with E-state index in [2.05, 4.69) is 20.3 Å². The lowest BCUT2D eigenvalue weighted by atomic mass is 9.98. The Morgan fingerprint density at radius 2 is 2.23 bits per heavy atom. The molecule has 2 aromatic rings. The molecule has 0 unspecified atom stereocenters. The molecule has 0 radical (unpaired) electrons. The van der Waals surface area contributed by atoms with Crippen LogP contribution in [0.15, 0.2) is 24.8 Å². The van der Waals surface area contributed by atoms with Crippen LogP contribution < -0.4 is 5.32 Å². The highest BCUT2D eigenvalue weighted by molar-refractivity contribution is 7.88. The predicted molar refractivity (Wildman–Crippen MR) is 79.7 cm³/mol. The van der Waals surface area contributed by atoms with E-state index >= 15 is 0 Å². The zero-order valence-electron chi connectivity index (χ0n) is 11.9. The molecule has 0 atom stereocenters. The van der Waals surface area contributed by atoms with Crippen LogP contribution in [0.3, 0.4) is 0 Å². The molecule has 1 aliphatic heterocycles. The van der Waals surface area contributed by atoms with Gasteiger partial charge in [-0.2, -0.15) is 4.31 Å². The van der Waals surface area contributed by atoms with E-state index in [1.807, 2.05) is 0 Å². The second kappa shape index (κ2) is 5.50. The van der Waals surface area contributed by atoms with Crippen molar-refractivity contribution in [3.05, 3.63) is 41.5 Å². The van der Waals surface area contributed by atoms with Gasteiger partial charge in [-0.25, -0.2) is 13.4 Å². The molecule has 3 heterocycles. The standard InChI is InChI=1S/C13H15N5O3S/c1-22(20,21)18-5-2-10-9(8-18)6-14-7-11(10)12(19)17-13-15-3-4-16-13/h3-4,6-7H,2,5,8H2,1H3,(H2,15,16,17,19). The van der Waals surface area contributed by atoms with Gasteiger partial charge in [0, 0.05) is 37.9 Å². The van der Waals surface area contributed by atoms with Gasteiger partial charge < -0.3 is 4.98 Å². The zero-order valence-corrected chi connectivity index (χ0v) is 12.7. The first-order valence-electron chi connectivity index (χ1n) is 6.67. The van der Waals surface area contributed by atoms with Crippen LogP contribution in [-0.4, -0.2) is 46.4 Å². The smallest absolute Gasteiger partial charge is 0.259 e. The van der Waals surface area contributed by atoms with Crippen molar-refractivity contribution in [1.82, 2.24) is 19.3 Å². The molecular formula is C13H15N5O3S. The van der Waals surface area contributed by atoms with Crippen LogP contribution in [0.25, 0.3) is 0 Å². The van der Waals surface area contributed by atoms with Crippen molar-refractivity contribution >= 4 is 21.9 Å². The van der Waals surface area contributed by atoms with Crippen LogP contribution in [0.4, 0.5) is 5.95 Å². The number of hydrogen-bond acceptors (Lipinski definition) is 5. The van der Waals surface area contributed by atoms with Crippen molar-refractivity contribution in [2.75, 3.05) is 18.1 Å². The number of aromatic amines is 1. The average Bonchev–Trinajstić information content (AvgIpc) is 2.98. The molecule has 22 heavy (non-hydrogen) atoms. The highest BCUT2D eigenvalue weighted by Gasteiger charge is 2.26. The maximum Gasteiger partial charge on any atom is 0.259 e. The number of fused-ring (bicyclic) bond motifs is 1. The number of anilines is 1. The van der Waals surface area contributed by atoms with Gasteiger partial charge in [0.05, 0.1) is 11.8 Å². The first kappa shape index (κ1) is 14.7. The van der Waals surface area contributed by atoms with E-state index in [0.717, 1.165) is 11.1 Å². The Kier molecular flexibility index (Phi) is 3.67. The van der Waals surface area contributed by atoms with Crippen LogP contribution >= 0.6 is 0 Å². The largest absolute Gasteiger partial charge is 0.331 e. The number of nitrogens with one attached hydrogen (secondary N) is 2. The molecule has 0 aliphatic carbocycles. The van der Waals surface area contributed by atoms with Crippen molar-refractivity contribution in [3.8, 4) is 0 Å². The third-order valence-corrected chi connectivity index (χ3v) is 4.80. The van der Waals surface area contributed by atoms with Crippen LogP contribution in [0.2, 0.25) is 0 Å². The minimum Gasteiger partial charge on any atom is -0.331 e. The number of nitrogens with zero attached hydrogens (tertiary/aromatic N) is 3. The molecule has 1 amide bonds. The average molecular weight is 321 g/mol. The number of aromatic nitrogens is 3. The fourth-order valence-electron chi connectivity index (χ4n) is 2.45.